The molecule has 1 aliphatic carbocycles. The molecule has 0 fully saturated rings. The van der Waals surface area contributed by atoms with Crippen LogP contribution in [0.4, 0.5) is 11.8 Å². The largest absolute Gasteiger partial charge is 0.480 e. The number of nitrogen functional groups attached to an aromatic ring is 1. The highest BCUT2D eigenvalue weighted by Crippen LogP contribution is 2.46. The number of aliphatic carboxylic acids is 1. The van der Waals surface area contributed by atoms with Crippen LogP contribution in [0.1, 0.15) is 19.4 Å². The molecule has 0 saturated carbocycles. The number of rotatable bonds is 10. The maximum absolute atomic E-state index is 13.4. The van der Waals surface area contributed by atoms with Gasteiger partial charge in [-0.25, -0.2) is 9.55 Å². The Labute approximate surface area is 195 Å². The quantitative estimate of drug-likeness (QED) is 0.245. The minimum atomic E-state index is -3.97. The normalized spacial score (nSPS) is 20.2. The van der Waals surface area contributed by atoms with Crippen LogP contribution < -0.4 is 20.7 Å². The summed E-state index contributed by atoms with van der Waals surface area (Å²) in [6, 6.07) is 7.25. The summed E-state index contributed by atoms with van der Waals surface area (Å²) in [5.74, 6) is -0.285. The Morgan fingerprint density at radius 1 is 1.32 bits per heavy atom. The van der Waals surface area contributed by atoms with Crippen molar-refractivity contribution >= 4 is 36.6 Å². The number of para-hydroxylation sites is 1. The van der Waals surface area contributed by atoms with E-state index in [4.69, 9.17) is 14.8 Å². The molecule has 0 radical (unpaired) electrons. The Hall–Kier alpha value is -3.47. The molecule has 4 rings (SSSR count). The number of nitrogens with zero attached hydrogens (tertiary/aromatic N) is 4. The molecule has 1 unspecified atom stereocenters. The zero-order valence-electron chi connectivity index (χ0n) is 18.7. The Balaban J connectivity index is 1.46. The van der Waals surface area contributed by atoms with E-state index in [1.807, 2.05) is 16.7 Å². The van der Waals surface area contributed by atoms with Crippen LogP contribution in [0.3, 0.4) is 0 Å². The molecule has 1 aromatic carbocycles. The van der Waals surface area contributed by atoms with Crippen molar-refractivity contribution in [3.8, 4) is 5.75 Å². The smallest absolute Gasteiger partial charge is 0.459 e. The van der Waals surface area contributed by atoms with Crippen LogP contribution in [0.15, 0.2) is 48.8 Å². The summed E-state index contributed by atoms with van der Waals surface area (Å²) < 4.78 is 26.5. The number of aromatic nitrogens is 4. The van der Waals surface area contributed by atoms with E-state index in [2.05, 4.69) is 25.4 Å². The molecule has 1 aliphatic rings. The van der Waals surface area contributed by atoms with Gasteiger partial charge in [-0.2, -0.15) is 15.1 Å². The molecule has 5 N–H and O–H groups in total. The van der Waals surface area contributed by atoms with Crippen LogP contribution >= 0.6 is 7.75 Å². The zero-order chi connectivity index (χ0) is 24.3. The molecule has 0 aliphatic heterocycles. The fraction of sp³-hybridized carbons (Fsp3) is 0.333. The van der Waals surface area contributed by atoms with E-state index < -0.39 is 19.8 Å². The van der Waals surface area contributed by atoms with Gasteiger partial charge in [0.2, 0.25) is 5.95 Å². The van der Waals surface area contributed by atoms with Crippen LogP contribution in [0.5, 0.6) is 5.75 Å². The van der Waals surface area contributed by atoms with Crippen LogP contribution in [-0.4, -0.2) is 50.3 Å². The van der Waals surface area contributed by atoms with Gasteiger partial charge < -0.3 is 25.2 Å². The van der Waals surface area contributed by atoms with E-state index in [-0.39, 0.29) is 24.5 Å². The average Bonchev–Trinajstić information content (AvgIpc) is 3.44. The Morgan fingerprint density at radius 2 is 2.09 bits per heavy atom. The Kier molecular flexibility index (Phi) is 6.82. The second kappa shape index (κ2) is 9.80. The van der Waals surface area contributed by atoms with Crippen molar-refractivity contribution in [1.29, 1.82) is 0 Å². The minimum Gasteiger partial charge on any atom is -0.480 e. The highest BCUT2D eigenvalue weighted by atomic mass is 31.2. The monoisotopic (exact) mass is 487 g/mol. The molecule has 3 aromatic rings. The maximum Gasteiger partial charge on any atom is 0.459 e. The molecular weight excluding hydrogens is 461 g/mol. The number of benzene rings is 1. The first-order valence-electron chi connectivity index (χ1n) is 10.6. The lowest BCUT2D eigenvalue weighted by molar-refractivity contribution is -0.138. The van der Waals surface area contributed by atoms with Gasteiger partial charge in [0.05, 0.1) is 19.0 Å². The molecule has 2 aromatic heterocycles. The number of anilines is 2. The first-order chi connectivity index (χ1) is 16.3. The number of carboxylic acid groups (broad SMARTS) is 1. The number of carbonyl (C=O) groups is 1. The van der Waals surface area contributed by atoms with Crippen LogP contribution in [-0.2, 0) is 13.9 Å². The van der Waals surface area contributed by atoms with Gasteiger partial charge in [0.1, 0.15) is 11.8 Å². The van der Waals surface area contributed by atoms with Crippen molar-refractivity contribution in [3.05, 3.63) is 48.8 Å². The van der Waals surface area contributed by atoms with Crippen LogP contribution in [0.25, 0.3) is 11.2 Å². The Morgan fingerprint density at radius 3 is 2.79 bits per heavy atom. The second-order valence-electron chi connectivity index (χ2n) is 7.84. The molecule has 2 heterocycles. The van der Waals surface area contributed by atoms with Crippen molar-refractivity contribution in [3.63, 3.8) is 0 Å². The number of imidazole rings is 1. The van der Waals surface area contributed by atoms with Gasteiger partial charge in [0, 0.05) is 13.0 Å². The molecular formula is C21H26N7O5P. The van der Waals surface area contributed by atoms with Gasteiger partial charge in [0.15, 0.2) is 17.0 Å². The average molecular weight is 487 g/mol. The van der Waals surface area contributed by atoms with Crippen molar-refractivity contribution in [2.45, 2.75) is 25.4 Å². The van der Waals surface area contributed by atoms with E-state index in [9.17, 15) is 14.5 Å². The topological polar surface area (TPSA) is 167 Å². The summed E-state index contributed by atoms with van der Waals surface area (Å²) in [4.78, 5) is 24.2. The third-order valence-electron chi connectivity index (χ3n) is 5.33. The summed E-state index contributed by atoms with van der Waals surface area (Å²) in [5.41, 5.74) is 7.05. The standard InChI is InChI=1S/C21H26N7O5P/c1-13(20(29)30)27-34(31,33-16-6-4-3-5-7-16)32-11-14-8-9-15(10-14)28-12-24-17-18(23-2)25-21(22)26-19(17)28/h3-9,12-15H,10-11H2,1-2H3,(H,27,31)(H,29,30)(H3,22,23,25,26)/t13-,14+,15-,34?/m0/s1. The summed E-state index contributed by atoms with van der Waals surface area (Å²) in [6.07, 6.45) is 6.25. The lowest BCUT2D eigenvalue weighted by atomic mass is 10.1. The molecule has 0 saturated heterocycles. The van der Waals surface area contributed by atoms with Crippen molar-refractivity contribution in [2.24, 2.45) is 5.92 Å². The maximum atomic E-state index is 13.4. The molecule has 13 heteroatoms. The third kappa shape index (κ3) is 5.19. The number of nitrogens with two attached hydrogens (primary N) is 1. The van der Waals surface area contributed by atoms with E-state index >= 15 is 0 Å². The highest BCUT2D eigenvalue weighted by molar-refractivity contribution is 7.52. The Bertz CT molecular complexity index is 1250. The van der Waals surface area contributed by atoms with Crippen LogP contribution in [0.2, 0.25) is 0 Å². The van der Waals surface area contributed by atoms with Gasteiger partial charge in [-0.1, -0.05) is 30.4 Å². The number of hydrogen-bond acceptors (Lipinski definition) is 9. The number of hydrogen-bond donors (Lipinski definition) is 4. The van der Waals surface area contributed by atoms with E-state index in [1.165, 1.54) is 6.92 Å². The number of nitrogens with one attached hydrogen (secondary N) is 2. The summed E-state index contributed by atoms with van der Waals surface area (Å²) >= 11 is 0. The summed E-state index contributed by atoms with van der Waals surface area (Å²) in [7, 11) is -2.23. The summed E-state index contributed by atoms with van der Waals surface area (Å²) in [5, 5.41) is 14.7. The number of allylic oxidation sites excluding steroid dienone is 1. The molecule has 0 spiro atoms. The van der Waals surface area contributed by atoms with Gasteiger partial charge >= 0.3 is 13.7 Å². The van der Waals surface area contributed by atoms with E-state index in [1.54, 1.807) is 43.7 Å². The highest BCUT2D eigenvalue weighted by Gasteiger charge is 2.33. The molecule has 34 heavy (non-hydrogen) atoms. The lowest BCUT2D eigenvalue weighted by Crippen LogP contribution is -2.33. The minimum absolute atomic E-state index is 0.0575. The summed E-state index contributed by atoms with van der Waals surface area (Å²) in [6.45, 7) is 1.43. The second-order valence-corrected chi connectivity index (χ2v) is 9.53. The van der Waals surface area contributed by atoms with Crippen LogP contribution in [0, 0.1) is 5.92 Å². The van der Waals surface area contributed by atoms with Gasteiger partial charge in [-0.3, -0.25) is 9.32 Å². The third-order valence-corrected chi connectivity index (χ3v) is 6.98. The SMILES string of the molecule is CNc1nc(N)nc2c1ncn2[C@H]1C=C[C@@H](COP(=O)(N[C@@H](C)C(=O)O)Oc2ccccc2)C1. The molecule has 4 atom stereocenters. The fourth-order valence-electron chi connectivity index (χ4n) is 3.63. The zero-order valence-corrected chi connectivity index (χ0v) is 19.6. The molecule has 12 nitrogen and oxygen atoms in total. The van der Waals surface area contributed by atoms with Crippen molar-refractivity contribution in [1.82, 2.24) is 24.6 Å². The van der Waals surface area contributed by atoms with E-state index in [0.29, 0.717) is 29.2 Å². The van der Waals surface area contributed by atoms with Gasteiger partial charge in [0.25, 0.3) is 0 Å². The number of carboxylic acids is 1. The molecule has 0 bridgehead atoms. The first-order valence-corrected chi connectivity index (χ1v) is 12.2. The number of fused-ring (bicyclic) bond motifs is 1. The predicted octanol–water partition coefficient (Wildman–Crippen LogP) is 2.83. The molecule has 0 amide bonds. The fourth-order valence-corrected chi connectivity index (χ4v) is 5.18. The van der Waals surface area contributed by atoms with Crippen molar-refractivity contribution < 1.29 is 23.5 Å². The lowest BCUT2D eigenvalue weighted by Gasteiger charge is -2.23. The molecule has 180 valence electrons. The van der Waals surface area contributed by atoms with Crippen molar-refractivity contribution in [2.75, 3.05) is 24.7 Å². The van der Waals surface area contributed by atoms with Gasteiger partial charge in [-0.05, 0) is 25.5 Å². The first kappa shape index (κ1) is 23.7. The van der Waals surface area contributed by atoms with E-state index in [0.717, 1.165) is 0 Å². The van der Waals surface area contributed by atoms with Gasteiger partial charge in [-0.15, -0.1) is 0 Å². The predicted molar refractivity (Wildman–Crippen MR) is 126 cm³/mol.